The van der Waals surface area contributed by atoms with Crippen LogP contribution in [0.5, 0.6) is 0 Å². The Morgan fingerprint density at radius 3 is 2.32 bits per heavy atom. The molecule has 0 saturated carbocycles. The summed E-state index contributed by atoms with van der Waals surface area (Å²) >= 11 is 0. The van der Waals surface area contributed by atoms with Crippen LogP contribution < -0.4 is 10.6 Å². The number of benzene rings is 1. The third kappa shape index (κ3) is 5.03. The molecule has 3 heteroatoms. The van der Waals surface area contributed by atoms with Gasteiger partial charge in [-0.1, -0.05) is 37.6 Å². The Kier molecular flexibility index (Phi) is 6.57. The van der Waals surface area contributed by atoms with E-state index in [1.54, 1.807) is 0 Å². The minimum atomic E-state index is -0.176. The summed E-state index contributed by atoms with van der Waals surface area (Å²) in [7, 11) is 0. The van der Waals surface area contributed by atoms with E-state index in [0.717, 1.165) is 6.42 Å². The van der Waals surface area contributed by atoms with Gasteiger partial charge in [-0.15, -0.1) is 0 Å². The zero-order valence-corrected chi connectivity index (χ0v) is 12.5. The highest BCUT2D eigenvalue weighted by atomic mass is 16.2. The van der Waals surface area contributed by atoms with Gasteiger partial charge < -0.3 is 5.32 Å². The van der Waals surface area contributed by atoms with Gasteiger partial charge in [0.25, 0.3) is 0 Å². The van der Waals surface area contributed by atoms with Crippen molar-refractivity contribution in [2.75, 3.05) is 6.54 Å². The number of rotatable bonds is 7. The minimum Gasteiger partial charge on any atom is -0.355 e. The maximum absolute atomic E-state index is 11.7. The Morgan fingerprint density at radius 2 is 1.79 bits per heavy atom. The molecule has 1 aromatic rings. The van der Waals surface area contributed by atoms with Crippen molar-refractivity contribution in [3.8, 4) is 0 Å². The van der Waals surface area contributed by atoms with Crippen LogP contribution in [0.1, 0.15) is 51.3 Å². The van der Waals surface area contributed by atoms with Crippen LogP contribution in [0.3, 0.4) is 0 Å². The summed E-state index contributed by atoms with van der Waals surface area (Å²) in [5.41, 5.74) is 2.59. The van der Waals surface area contributed by atoms with Gasteiger partial charge in [-0.25, -0.2) is 0 Å². The Morgan fingerprint density at radius 1 is 1.16 bits per heavy atom. The van der Waals surface area contributed by atoms with E-state index in [-0.39, 0.29) is 18.0 Å². The summed E-state index contributed by atoms with van der Waals surface area (Å²) in [4.78, 5) is 11.7. The van der Waals surface area contributed by atoms with Crippen molar-refractivity contribution in [3.05, 3.63) is 35.4 Å². The fraction of sp³-hybridized carbons (Fsp3) is 0.562. The molecule has 0 saturated heterocycles. The van der Waals surface area contributed by atoms with Gasteiger partial charge in [0.1, 0.15) is 0 Å². The molecule has 19 heavy (non-hydrogen) atoms. The molecule has 0 bridgehead atoms. The van der Waals surface area contributed by atoms with Gasteiger partial charge in [0.15, 0.2) is 0 Å². The van der Waals surface area contributed by atoms with Gasteiger partial charge in [0.05, 0.1) is 6.04 Å². The first-order valence-corrected chi connectivity index (χ1v) is 7.21. The number of hydrogen-bond acceptors (Lipinski definition) is 2. The number of carbonyl (C=O) groups is 1. The zero-order chi connectivity index (χ0) is 14.3. The van der Waals surface area contributed by atoms with Gasteiger partial charge in [-0.3, -0.25) is 10.1 Å². The third-order valence-electron chi connectivity index (χ3n) is 3.26. The molecule has 106 valence electrons. The largest absolute Gasteiger partial charge is 0.355 e. The van der Waals surface area contributed by atoms with Crippen LogP contribution in [-0.4, -0.2) is 18.5 Å². The van der Waals surface area contributed by atoms with Crippen LogP contribution in [-0.2, 0) is 11.2 Å². The molecule has 0 aliphatic rings. The molecule has 0 aliphatic heterocycles. The normalized spacial score (nSPS) is 13.9. The highest BCUT2D eigenvalue weighted by Gasteiger charge is 2.15. The van der Waals surface area contributed by atoms with Crippen molar-refractivity contribution in [2.45, 2.75) is 52.6 Å². The van der Waals surface area contributed by atoms with Crippen LogP contribution in [0.2, 0.25) is 0 Å². The first kappa shape index (κ1) is 15.7. The van der Waals surface area contributed by atoms with Crippen LogP contribution in [0.25, 0.3) is 0 Å². The molecule has 3 nitrogen and oxygen atoms in total. The first-order valence-electron chi connectivity index (χ1n) is 7.21. The van der Waals surface area contributed by atoms with Crippen LogP contribution in [0.15, 0.2) is 24.3 Å². The summed E-state index contributed by atoms with van der Waals surface area (Å²) in [5, 5.41) is 6.15. The Bertz CT molecular complexity index is 386. The SMILES string of the molecule is CCCc1ccc(C(C)NC(C)C(=O)NCC)cc1. The molecular weight excluding hydrogens is 236 g/mol. The van der Waals surface area contributed by atoms with Crippen molar-refractivity contribution in [2.24, 2.45) is 0 Å². The number of likely N-dealkylation sites (N-methyl/N-ethyl adjacent to an activating group) is 1. The lowest BCUT2D eigenvalue weighted by Gasteiger charge is -2.20. The number of nitrogens with one attached hydrogen (secondary N) is 2. The topological polar surface area (TPSA) is 41.1 Å². The van der Waals surface area contributed by atoms with Crippen molar-refractivity contribution >= 4 is 5.91 Å². The molecular formula is C16H26N2O. The molecule has 1 rings (SSSR count). The van der Waals surface area contributed by atoms with E-state index >= 15 is 0 Å². The Hall–Kier alpha value is -1.35. The molecule has 0 heterocycles. The number of hydrogen-bond donors (Lipinski definition) is 2. The molecule has 0 aliphatic carbocycles. The monoisotopic (exact) mass is 262 g/mol. The number of carbonyl (C=O) groups excluding carboxylic acids is 1. The van der Waals surface area contributed by atoms with Gasteiger partial charge in [-0.05, 0) is 38.3 Å². The maximum atomic E-state index is 11.7. The number of amides is 1. The van der Waals surface area contributed by atoms with Gasteiger partial charge in [-0.2, -0.15) is 0 Å². The van der Waals surface area contributed by atoms with E-state index in [0.29, 0.717) is 6.54 Å². The van der Waals surface area contributed by atoms with E-state index < -0.39 is 0 Å². The standard InChI is InChI=1S/C16H26N2O/c1-5-7-14-8-10-15(11-9-14)12(3)18-13(4)16(19)17-6-2/h8-13,18H,5-7H2,1-4H3,(H,17,19). The second kappa shape index (κ2) is 7.95. The molecule has 2 atom stereocenters. The fourth-order valence-electron chi connectivity index (χ4n) is 2.14. The second-order valence-electron chi connectivity index (χ2n) is 5.00. The molecule has 0 fully saturated rings. The van der Waals surface area contributed by atoms with Crippen LogP contribution in [0, 0.1) is 0 Å². The summed E-state index contributed by atoms with van der Waals surface area (Å²) < 4.78 is 0. The van der Waals surface area contributed by atoms with Crippen LogP contribution in [0.4, 0.5) is 0 Å². The molecule has 2 N–H and O–H groups in total. The van der Waals surface area contributed by atoms with E-state index in [1.165, 1.54) is 17.5 Å². The van der Waals surface area contributed by atoms with Crippen molar-refractivity contribution in [3.63, 3.8) is 0 Å². The highest BCUT2D eigenvalue weighted by molar-refractivity contribution is 5.81. The lowest BCUT2D eigenvalue weighted by molar-refractivity contribution is -0.122. The van der Waals surface area contributed by atoms with Gasteiger partial charge in [0.2, 0.25) is 5.91 Å². The minimum absolute atomic E-state index is 0.0527. The van der Waals surface area contributed by atoms with E-state index in [1.807, 2.05) is 13.8 Å². The lowest BCUT2D eigenvalue weighted by atomic mass is 10.0. The van der Waals surface area contributed by atoms with E-state index in [4.69, 9.17) is 0 Å². The summed E-state index contributed by atoms with van der Waals surface area (Å²) in [6.07, 6.45) is 2.29. The van der Waals surface area contributed by atoms with Crippen molar-refractivity contribution in [1.29, 1.82) is 0 Å². The van der Waals surface area contributed by atoms with Gasteiger partial charge >= 0.3 is 0 Å². The molecule has 2 unspecified atom stereocenters. The summed E-state index contributed by atoms with van der Waals surface area (Å²) in [5.74, 6) is 0.0527. The van der Waals surface area contributed by atoms with Crippen LogP contribution >= 0.6 is 0 Å². The molecule has 0 aromatic heterocycles. The summed E-state index contributed by atoms with van der Waals surface area (Å²) in [6.45, 7) is 8.77. The molecule has 0 radical (unpaired) electrons. The summed E-state index contributed by atoms with van der Waals surface area (Å²) in [6, 6.07) is 8.64. The Labute approximate surface area is 116 Å². The average Bonchev–Trinajstić information content (AvgIpc) is 2.40. The second-order valence-corrected chi connectivity index (χ2v) is 5.00. The molecule has 0 spiro atoms. The predicted octanol–water partition coefficient (Wildman–Crippen LogP) is 2.81. The van der Waals surface area contributed by atoms with Crippen molar-refractivity contribution in [1.82, 2.24) is 10.6 Å². The zero-order valence-electron chi connectivity index (χ0n) is 12.5. The fourth-order valence-corrected chi connectivity index (χ4v) is 2.14. The Balaban J connectivity index is 2.57. The molecule has 1 amide bonds. The lowest BCUT2D eigenvalue weighted by Crippen LogP contribution is -2.43. The smallest absolute Gasteiger partial charge is 0.236 e. The quantitative estimate of drug-likeness (QED) is 0.793. The van der Waals surface area contributed by atoms with E-state index in [2.05, 4.69) is 48.7 Å². The maximum Gasteiger partial charge on any atom is 0.236 e. The average molecular weight is 262 g/mol. The molecule has 1 aromatic carbocycles. The first-order chi connectivity index (χ1) is 9.08. The number of aryl methyl sites for hydroxylation is 1. The van der Waals surface area contributed by atoms with Crippen molar-refractivity contribution < 1.29 is 4.79 Å². The highest BCUT2D eigenvalue weighted by Crippen LogP contribution is 2.15. The van der Waals surface area contributed by atoms with Gasteiger partial charge in [0, 0.05) is 12.6 Å². The van der Waals surface area contributed by atoms with E-state index in [9.17, 15) is 4.79 Å². The third-order valence-corrected chi connectivity index (χ3v) is 3.26. The predicted molar refractivity (Wildman–Crippen MR) is 80.1 cm³/mol.